The summed E-state index contributed by atoms with van der Waals surface area (Å²) in [6, 6.07) is 12.8. The van der Waals surface area contributed by atoms with Gasteiger partial charge in [0.15, 0.2) is 6.10 Å². The minimum Gasteiger partial charge on any atom is -0.449 e. The van der Waals surface area contributed by atoms with E-state index >= 15 is 0 Å². The van der Waals surface area contributed by atoms with Crippen LogP contribution >= 0.6 is 11.8 Å². The van der Waals surface area contributed by atoms with Crippen LogP contribution in [0.1, 0.15) is 29.8 Å². The van der Waals surface area contributed by atoms with Crippen LogP contribution in [0.3, 0.4) is 0 Å². The van der Waals surface area contributed by atoms with E-state index in [-0.39, 0.29) is 17.1 Å². The summed E-state index contributed by atoms with van der Waals surface area (Å²) < 4.78 is 5.41. The van der Waals surface area contributed by atoms with E-state index in [9.17, 15) is 14.4 Å². The van der Waals surface area contributed by atoms with E-state index in [1.165, 1.54) is 11.8 Å². The third-order valence-corrected chi connectivity index (χ3v) is 6.11. The predicted octanol–water partition coefficient (Wildman–Crippen LogP) is 3.25. The molecule has 2 aliphatic rings. The number of carbonyl (C=O) groups excluding carboxylic acids is 3. The van der Waals surface area contributed by atoms with Crippen LogP contribution in [0.25, 0.3) is 0 Å². The largest absolute Gasteiger partial charge is 0.449 e. The topological polar surface area (TPSA) is 75.7 Å². The predicted molar refractivity (Wildman–Crippen MR) is 108 cm³/mol. The molecule has 0 aromatic heterocycles. The van der Waals surface area contributed by atoms with Gasteiger partial charge in [0.05, 0.1) is 16.5 Å². The van der Waals surface area contributed by atoms with Crippen molar-refractivity contribution in [2.24, 2.45) is 0 Å². The number of hydrogen-bond acceptors (Lipinski definition) is 5. The number of ether oxygens (including phenoxy) is 1. The molecule has 2 aromatic carbocycles. The molecule has 28 heavy (non-hydrogen) atoms. The normalized spacial score (nSPS) is 18.7. The maximum Gasteiger partial charge on any atom is 0.338 e. The van der Waals surface area contributed by atoms with Gasteiger partial charge in [-0.2, -0.15) is 0 Å². The Labute approximate surface area is 167 Å². The Morgan fingerprint density at radius 1 is 1.25 bits per heavy atom. The molecule has 6 nitrogen and oxygen atoms in total. The van der Waals surface area contributed by atoms with Crippen LogP contribution in [-0.2, 0) is 20.7 Å². The van der Waals surface area contributed by atoms with Crippen LogP contribution in [0.5, 0.6) is 0 Å². The second-order valence-electron chi connectivity index (χ2n) is 6.88. The molecule has 0 saturated heterocycles. The first-order valence-electron chi connectivity index (χ1n) is 9.16. The zero-order valence-electron chi connectivity index (χ0n) is 15.6. The maximum absolute atomic E-state index is 12.8. The highest BCUT2D eigenvalue weighted by atomic mass is 32.2. The molecule has 2 unspecified atom stereocenters. The van der Waals surface area contributed by atoms with Crippen LogP contribution in [0.15, 0.2) is 47.4 Å². The van der Waals surface area contributed by atoms with E-state index in [1.807, 2.05) is 31.2 Å². The third-order valence-electron chi connectivity index (χ3n) is 4.93. The number of hydrogen-bond donors (Lipinski definition) is 1. The van der Waals surface area contributed by atoms with Crippen LogP contribution in [0, 0.1) is 0 Å². The maximum atomic E-state index is 12.8. The lowest BCUT2D eigenvalue weighted by Gasteiger charge is -2.23. The molecule has 0 bridgehead atoms. The first-order valence-corrected chi connectivity index (χ1v) is 10.0. The zero-order chi connectivity index (χ0) is 19.8. The quantitative estimate of drug-likeness (QED) is 0.806. The summed E-state index contributed by atoms with van der Waals surface area (Å²) in [7, 11) is 0. The number of para-hydroxylation sites is 1. The number of amides is 2. The smallest absolute Gasteiger partial charge is 0.338 e. The van der Waals surface area contributed by atoms with Crippen molar-refractivity contribution in [2.45, 2.75) is 36.5 Å². The number of fused-ring (bicyclic) bond motifs is 2. The number of rotatable bonds is 3. The molecule has 2 amide bonds. The monoisotopic (exact) mass is 396 g/mol. The van der Waals surface area contributed by atoms with Crippen molar-refractivity contribution < 1.29 is 19.1 Å². The molecule has 0 radical (unpaired) electrons. The molecule has 4 rings (SSSR count). The van der Waals surface area contributed by atoms with Gasteiger partial charge in [0.2, 0.25) is 5.91 Å². The van der Waals surface area contributed by atoms with Gasteiger partial charge in [-0.15, -0.1) is 11.8 Å². The van der Waals surface area contributed by atoms with Crippen molar-refractivity contribution in [3.05, 3.63) is 53.6 Å². The molecule has 0 saturated carbocycles. The van der Waals surface area contributed by atoms with E-state index in [1.54, 1.807) is 30.0 Å². The van der Waals surface area contributed by atoms with Crippen molar-refractivity contribution in [3.8, 4) is 0 Å². The number of anilines is 2. The summed E-state index contributed by atoms with van der Waals surface area (Å²) in [5.74, 6) is -0.929. The van der Waals surface area contributed by atoms with Crippen molar-refractivity contribution >= 4 is 40.9 Å². The van der Waals surface area contributed by atoms with E-state index in [4.69, 9.17) is 4.74 Å². The minimum atomic E-state index is -0.904. The molecule has 2 heterocycles. The van der Waals surface area contributed by atoms with E-state index in [0.717, 1.165) is 22.6 Å². The van der Waals surface area contributed by atoms with Gasteiger partial charge >= 0.3 is 5.97 Å². The molecular formula is C21H20N2O4S. The van der Waals surface area contributed by atoms with Gasteiger partial charge in [0.25, 0.3) is 5.91 Å². The van der Waals surface area contributed by atoms with Crippen molar-refractivity contribution in [2.75, 3.05) is 16.8 Å². The summed E-state index contributed by atoms with van der Waals surface area (Å²) in [6.07, 6.45) is -0.109. The van der Waals surface area contributed by atoms with Crippen LogP contribution in [0.2, 0.25) is 0 Å². The van der Waals surface area contributed by atoms with Gasteiger partial charge in [0, 0.05) is 17.1 Å². The van der Waals surface area contributed by atoms with Gasteiger partial charge in [-0.05, 0) is 50.1 Å². The van der Waals surface area contributed by atoms with E-state index < -0.39 is 12.1 Å². The Bertz CT molecular complexity index is 975. The second kappa shape index (κ2) is 7.31. The highest BCUT2D eigenvalue weighted by molar-refractivity contribution is 8.00. The van der Waals surface area contributed by atoms with Gasteiger partial charge in [-0.25, -0.2) is 4.79 Å². The van der Waals surface area contributed by atoms with Crippen LogP contribution in [0.4, 0.5) is 11.4 Å². The van der Waals surface area contributed by atoms with Crippen molar-refractivity contribution in [1.82, 2.24) is 0 Å². The average Bonchev–Trinajstić information content (AvgIpc) is 3.12. The minimum absolute atomic E-state index is 0.0979. The number of thioether (sulfide) groups is 1. The Kier molecular flexibility index (Phi) is 4.85. The number of nitrogens with zero attached hydrogens (tertiary/aromatic N) is 1. The van der Waals surface area contributed by atoms with E-state index in [2.05, 4.69) is 5.32 Å². The van der Waals surface area contributed by atoms with Crippen molar-refractivity contribution in [1.29, 1.82) is 0 Å². The standard InChI is InChI=1S/C21H20N2O4S/c1-12(20(25)23-10-9-14-5-3-4-6-17(14)23)27-21(26)15-7-8-18-16(11-15)22-19(24)13(2)28-18/h3-8,11-13H,9-10H2,1-2H3,(H,22,24). The first kappa shape index (κ1) is 18.6. The number of carbonyl (C=O) groups is 3. The zero-order valence-corrected chi connectivity index (χ0v) is 16.4. The highest BCUT2D eigenvalue weighted by Gasteiger charge is 2.30. The Balaban J connectivity index is 1.46. The number of nitrogens with one attached hydrogen (secondary N) is 1. The Morgan fingerprint density at radius 3 is 2.86 bits per heavy atom. The first-order chi connectivity index (χ1) is 13.4. The van der Waals surface area contributed by atoms with Gasteiger partial charge < -0.3 is 15.0 Å². The fourth-order valence-corrected chi connectivity index (χ4v) is 4.33. The van der Waals surface area contributed by atoms with Crippen LogP contribution < -0.4 is 10.2 Å². The number of esters is 1. The lowest BCUT2D eigenvalue weighted by molar-refractivity contribution is -0.126. The molecule has 2 aliphatic heterocycles. The summed E-state index contributed by atoms with van der Waals surface area (Å²) >= 11 is 1.44. The molecule has 1 N–H and O–H groups in total. The molecule has 0 fully saturated rings. The highest BCUT2D eigenvalue weighted by Crippen LogP contribution is 2.36. The van der Waals surface area contributed by atoms with Crippen molar-refractivity contribution in [3.63, 3.8) is 0 Å². The lowest BCUT2D eigenvalue weighted by Crippen LogP contribution is -2.39. The molecule has 0 spiro atoms. The van der Waals surface area contributed by atoms with Gasteiger partial charge in [-0.3, -0.25) is 9.59 Å². The Morgan fingerprint density at radius 2 is 2.04 bits per heavy atom. The van der Waals surface area contributed by atoms with Gasteiger partial charge in [-0.1, -0.05) is 18.2 Å². The summed E-state index contributed by atoms with van der Waals surface area (Å²) in [5, 5.41) is 2.62. The third kappa shape index (κ3) is 3.38. The Hall–Kier alpha value is -2.80. The molecule has 2 aromatic rings. The summed E-state index contributed by atoms with van der Waals surface area (Å²) in [4.78, 5) is 39.7. The summed E-state index contributed by atoms with van der Waals surface area (Å²) in [5.41, 5.74) is 2.88. The van der Waals surface area contributed by atoms with Gasteiger partial charge in [0.1, 0.15) is 0 Å². The number of benzene rings is 2. The average molecular weight is 396 g/mol. The fraction of sp³-hybridized carbons (Fsp3) is 0.286. The lowest BCUT2D eigenvalue weighted by atomic mass is 10.2. The fourth-order valence-electron chi connectivity index (χ4n) is 3.40. The SMILES string of the molecule is CC(OC(=O)c1ccc2c(c1)NC(=O)C(C)S2)C(=O)N1CCc2ccccc21. The second-order valence-corrected chi connectivity index (χ2v) is 8.26. The van der Waals surface area contributed by atoms with Crippen LogP contribution in [-0.4, -0.2) is 35.7 Å². The molecule has 0 aliphatic carbocycles. The molecular weight excluding hydrogens is 376 g/mol. The summed E-state index contributed by atoms with van der Waals surface area (Å²) in [6.45, 7) is 3.99. The molecule has 7 heteroatoms. The molecule has 2 atom stereocenters. The molecule has 144 valence electrons. The van der Waals surface area contributed by atoms with E-state index in [0.29, 0.717) is 17.8 Å².